The van der Waals surface area contributed by atoms with Crippen molar-refractivity contribution in [2.24, 2.45) is 5.92 Å². The van der Waals surface area contributed by atoms with Crippen molar-refractivity contribution in [2.45, 2.75) is 38.1 Å². The second-order valence-corrected chi connectivity index (χ2v) is 4.96. The molecule has 3 nitrogen and oxygen atoms in total. The monoisotopic (exact) mass is 258 g/mol. The molecule has 0 radical (unpaired) electrons. The molecule has 0 atom stereocenters. The molecule has 98 valence electrons. The van der Waals surface area contributed by atoms with E-state index < -0.39 is 0 Å². The van der Waals surface area contributed by atoms with Crippen LogP contribution in [0, 0.1) is 5.92 Å². The maximum Gasteiger partial charge on any atom is 0.223 e. The van der Waals surface area contributed by atoms with Gasteiger partial charge >= 0.3 is 0 Å². The fourth-order valence-corrected chi connectivity index (χ4v) is 2.43. The minimum atomic E-state index is 0. The van der Waals surface area contributed by atoms with Crippen LogP contribution in [0.1, 0.15) is 32.1 Å². The molecule has 1 saturated heterocycles. The number of nitrogens with zero attached hydrogens (tertiary/aromatic N) is 1. The standard InChI is InChI=1S/C13H22N2O.ClH/c1-2-9-15(12-3-4-12)13(16)10-11-5-7-14-8-6-11;/h2,11-12,14H,1,3-10H2;1H. The summed E-state index contributed by atoms with van der Waals surface area (Å²) in [6, 6.07) is 0.521. The minimum absolute atomic E-state index is 0. The summed E-state index contributed by atoms with van der Waals surface area (Å²) >= 11 is 0. The van der Waals surface area contributed by atoms with Gasteiger partial charge < -0.3 is 10.2 Å². The summed E-state index contributed by atoms with van der Waals surface area (Å²) in [5.74, 6) is 0.939. The SMILES string of the molecule is C=CCN(C(=O)CC1CCNCC1)C1CC1.Cl. The summed E-state index contributed by atoms with van der Waals surface area (Å²) in [6.07, 6.45) is 7.26. The van der Waals surface area contributed by atoms with E-state index in [4.69, 9.17) is 0 Å². The van der Waals surface area contributed by atoms with E-state index in [1.807, 2.05) is 11.0 Å². The quantitative estimate of drug-likeness (QED) is 0.765. The van der Waals surface area contributed by atoms with Crippen molar-refractivity contribution in [2.75, 3.05) is 19.6 Å². The Morgan fingerprint density at radius 3 is 2.47 bits per heavy atom. The first-order valence-corrected chi connectivity index (χ1v) is 6.42. The molecule has 1 N–H and O–H groups in total. The number of carbonyl (C=O) groups is 1. The lowest BCUT2D eigenvalue weighted by Crippen LogP contribution is -2.36. The van der Waals surface area contributed by atoms with Gasteiger partial charge in [-0.15, -0.1) is 19.0 Å². The third-order valence-corrected chi connectivity index (χ3v) is 3.56. The number of carbonyl (C=O) groups excluding carboxylic acids is 1. The lowest BCUT2D eigenvalue weighted by Gasteiger charge is -2.26. The van der Waals surface area contributed by atoms with Crippen molar-refractivity contribution in [3.63, 3.8) is 0 Å². The number of amides is 1. The molecule has 1 saturated carbocycles. The molecule has 17 heavy (non-hydrogen) atoms. The van der Waals surface area contributed by atoms with E-state index in [2.05, 4.69) is 11.9 Å². The van der Waals surface area contributed by atoms with Gasteiger partial charge in [-0.25, -0.2) is 0 Å². The summed E-state index contributed by atoms with van der Waals surface area (Å²) < 4.78 is 0. The summed E-state index contributed by atoms with van der Waals surface area (Å²) in [6.45, 7) is 6.61. The van der Waals surface area contributed by atoms with Crippen molar-refractivity contribution in [1.29, 1.82) is 0 Å². The molecule has 4 heteroatoms. The van der Waals surface area contributed by atoms with Crippen molar-refractivity contribution < 1.29 is 4.79 Å². The lowest BCUT2D eigenvalue weighted by molar-refractivity contribution is -0.132. The Kier molecular flexibility index (Phi) is 6.00. The maximum absolute atomic E-state index is 12.1. The molecular formula is C13H23ClN2O. The van der Waals surface area contributed by atoms with Gasteiger partial charge in [0.15, 0.2) is 0 Å². The van der Waals surface area contributed by atoms with Gasteiger partial charge in [-0.05, 0) is 44.7 Å². The smallest absolute Gasteiger partial charge is 0.223 e. The number of rotatable bonds is 5. The summed E-state index contributed by atoms with van der Waals surface area (Å²) in [5.41, 5.74) is 0. The van der Waals surface area contributed by atoms with E-state index in [0.29, 0.717) is 17.9 Å². The van der Waals surface area contributed by atoms with Crippen LogP contribution in [0.25, 0.3) is 0 Å². The van der Waals surface area contributed by atoms with Gasteiger partial charge in [-0.3, -0.25) is 4.79 Å². The van der Waals surface area contributed by atoms with Gasteiger partial charge in [0, 0.05) is 19.0 Å². The lowest BCUT2D eigenvalue weighted by atomic mass is 9.94. The summed E-state index contributed by atoms with van der Waals surface area (Å²) in [4.78, 5) is 14.2. The van der Waals surface area contributed by atoms with E-state index in [1.165, 1.54) is 12.8 Å². The Labute approximate surface area is 110 Å². The van der Waals surface area contributed by atoms with Gasteiger partial charge in [0.05, 0.1) is 0 Å². The van der Waals surface area contributed by atoms with Crippen LogP contribution < -0.4 is 5.32 Å². The third-order valence-electron chi connectivity index (χ3n) is 3.56. The maximum atomic E-state index is 12.1. The van der Waals surface area contributed by atoms with Crippen molar-refractivity contribution in [1.82, 2.24) is 10.2 Å². The van der Waals surface area contributed by atoms with Gasteiger partial charge in [-0.2, -0.15) is 0 Å². The molecule has 2 aliphatic rings. The van der Waals surface area contributed by atoms with Crippen molar-refractivity contribution >= 4 is 18.3 Å². The van der Waals surface area contributed by atoms with E-state index in [1.54, 1.807) is 0 Å². The minimum Gasteiger partial charge on any atom is -0.336 e. The topological polar surface area (TPSA) is 32.3 Å². The molecule has 0 aromatic carbocycles. The molecule has 1 aliphatic heterocycles. The molecule has 2 rings (SSSR count). The van der Waals surface area contributed by atoms with Gasteiger partial charge in [0.1, 0.15) is 0 Å². The highest BCUT2D eigenvalue weighted by Gasteiger charge is 2.32. The van der Waals surface area contributed by atoms with Gasteiger partial charge in [-0.1, -0.05) is 6.08 Å². The van der Waals surface area contributed by atoms with E-state index in [-0.39, 0.29) is 12.4 Å². The van der Waals surface area contributed by atoms with Crippen molar-refractivity contribution in [3.8, 4) is 0 Å². The molecule has 1 heterocycles. The average molecular weight is 259 g/mol. The first-order valence-electron chi connectivity index (χ1n) is 6.42. The molecule has 0 aromatic heterocycles. The van der Waals surface area contributed by atoms with Crippen LogP contribution in [0.15, 0.2) is 12.7 Å². The highest BCUT2D eigenvalue weighted by Crippen LogP contribution is 2.28. The highest BCUT2D eigenvalue weighted by atomic mass is 35.5. The molecular weight excluding hydrogens is 236 g/mol. The number of hydrogen-bond donors (Lipinski definition) is 1. The number of nitrogens with one attached hydrogen (secondary N) is 1. The van der Waals surface area contributed by atoms with Crippen LogP contribution in [0.4, 0.5) is 0 Å². The van der Waals surface area contributed by atoms with Crippen LogP contribution in [0.3, 0.4) is 0 Å². The van der Waals surface area contributed by atoms with Crippen LogP contribution in [-0.4, -0.2) is 36.5 Å². The molecule has 0 bridgehead atoms. The molecule has 0 aromatic rings. The zero-order valence-corrected chi connectivity index (χ0v) is 11.2. The van der Waals surface area contributed by atoms with Crippen LogP contribution in [-0.2, 0) is 4.79 Å². The van der Waals surface area contributed by atoms with E-state index in [9.17, 15) is 4.79 Å². The second kappa shape index (κ2) is 7.02. The molecule has 2 fully saturated rings. The first-order chi connectivity index (χ1) is 7.81. The Balaban J connectivity index is 0.00000144. The first kappa shape index (κ1) is 14.5. The van der Waals surface area contributed by atoms with E-state index in [0.717, 1.165) is 38.9 Å². The normalized spacial score (nSPS) is 20.5. The molecule has 1 aliphatic carbocycles. The Morgan fingerprint density at radius 2 is 1.94 bits per heavy atom. The predicted octanol–water partition coefficient (Wildman–Crippen LogP) is 1.97. The zero-order chi connectivity index (χ0) is 11.4. The average Bonchev–Trinajstić information content (AvgIpc) is 3.11. The predicted molar refractivity (Wildman–Crippen MR) is 72.4 cm³/mol. The Hall–Kier alpha value is -0.540. The van der Waals surface area contributed by atoms with E-state index >= 15 is 0 Å². The largest absolute Gasteiger partial charge is 0.336 e. The summed E-state index contributed by atoms with van der Waals surface area (Å²) in [5, 5.41) is 3.34. The molecule has 0 spiro atoms. The fourth-order valence-electron chi connectivity index (χ4n) is 2.43. The second-order valence-electron chi connectivity index (χ2n) is 4.96. The van der Waals surface area contributed by atoms with Crippen LogP contribution in [0.2, 0.25) is 0 Å². The van der Waals surface area contributed by atoms with Crippen LogP contribution in [0.5, 0.6) is 0 Å². The van der Waals surface area contributed by atoms with Crippen molar-refractivity contribution in [3.05, 3.63) is 12.7 Å². The van der Waals surface area contributed by atoms with Crippen LogP contribution >= 0.6 is 12.4 Å². The Bertz CT molecular complexity index is 260. The number of piperidine rings is 1. The zero-order valence-electron chi connectivity index (χ0n) is 10.4. The Morgan fingerprint density at radius 1 is 1.29 bits per heavy atom. The molecule has 1 amide bonds. The van der Waals surface area contributed by atoms with Gasteiger partial charge in [0.2, 0.25) is 5.91 Å². The van der Waals surface area contributed by atoms with Gasteiger partial charge in [0.25, 0.3) is 0 Å². The summed E-state index contributed by atoms with van der Waals surface area (Å²) in [7, 11) is 0. The highest BCUT2D eigenvalue weighted by molar-refractivity contribution is 5.85. The third kappa shape index (κ3) is 4.32. The fraction of sp³-hybridized carbons (Fsp3) is 0.769. The number of halogens is 1. The number of hydrogen-bond acceptors (Lipinski definition) is 2. The molecule has 0 unspecified atom stereocenters.